The quantitative estimate of drug-likeness (QED) is 0.646. The number of ether oxygens (including phenoxy) is 2. The van der Waals surface area contributed by atoms with Crippen LogP contribution in [0.1, 0.15) is 25.3 Å². The van der Waals surface area contributed by atoms with Crippen molar-refractivity contribution >= 4 is 17.6 Å². The van der Waals surface area contributed by atoms with Gasteiger partial charge in [0.2, 0.25) is 0 Å². The van der Waals surface area contributed by atoms with E-state index in [0.29, 0.717) is 36.3 Å². The molecule has 22 heavy (non-hydrogen) atoms. The molecule has 1 aromatic rings. The van der Waals surface area contributed by atoms with Crippen molar-refractivity contribution in [2.45, 2.75) is 26.3 Å². The SMILES string of the molecule is CCNC(=NCc1cc(Cl)c2c(c1)OCCO2)NCC1CC1. The minimum absolute atomic E-state index is 0.542. The zero-order chi connectivity index (χ0) is 15.4. The van der Waals surface area contributed by atoms with Crippen molar-refractivity contribution in [3.8, 4) is 11.5 Å². The van der Waals surface area contributed by atoms with Crippen LogP contribution in [0.3, 0.4) is 0 Å². The van der Waals surface area contributed by atoms with E-state index in [4.69, 9.17) is 21.1 Å². The predicted octanol–water partition coefficient (Wildman–Crippen LogP) is 2.58. The third-order valence-electron chi connectivity index (χ3n) is 3.68. The van der Waals surface area contributed by atoms with Gasteiger partial charge in [0.1, 0.15) is 13.2 Å². The fourth-order valence-corrected chi connectivity index (χ4v) is 2.62. The summed E-state index contributed by atoms with van der Waals surface area (Å²) in [5, 5.41) is 7.22. The lowest BCUT2D eigenvalue weighted by Crippen LogP contribution is -2.38. The summed E-state index contributed by atoms with van der Waals surface area (Å²) in [6.45, 7) is 5.55. The van der Waals surface area contributed by atoms with Crippen LogP contribution in [0.5, 0.6) is 11.5 Å². The third-order valence-corrected chi connectivity index (χ3v) is 3.96. The molecule has 120 valence electrons. The Labute approximate surface area is 136 Å². The maximum atomic E-state index is 6.25. The number of halogens is 1. The fourth-order valence-electron chi connectivity index (χ4n) is 2.33. The first-order chi connectivity index (χ1) is 10.8. The van der Waals surface area contributed by atoms with Gasteiger partial charge < -0.3 is 20.1 Å². The molecule has 2 aliphatic rings. The molecule has 0 amide bonds. The van der Waals surface area contributed by atoms with Crippen LogP contribution in [-0.2, 0) is 6.54 Å². The molecule has 0 unspecified atom stereocenters. The van der Waals surface area contributed by atoms with Crippen molar-refractivity contribution in [2.75, 3.05) is 26.3 Å². The molecule has 1 saturated carbocycles. The number of hydrogen-bond donors (Lipinski definition) is 2. The summed E-state index contributed by atoms with van der Waals surface area (Å²) < 4.78 is 11.1. The van der Waals surface area contributed by atoms with Crippen LogP contribution in [0.15, 0.2) is 17.1 Å². The lowest BCUT2D eigenvalue weighted by atomic mass is 10.2. The lowest BCUT2D eigenvalue weighted by molar-refractivity contribution is 0.171. The standard InChI is InChI=1S/C16H22ClN3O2/c1-2-18-16(19-9-11-3-4-11)20-10-12-7-13(17)15-14(8-12)21-5-6-22-15/h7-8,11H,2-6,9-10H2,1H3,(H2,18,19,20). The smallest absolute Gasteiger partial charge is 0.191 e. The summed E-state index contributed by atoms with van der Waals surface area (Å²) in [5.74, 6) is 3.01. The van der Waals surface area contributed by atoms with E-state index in [1.165, 1.54) is 12.8 Å². The molecule has 1 aliphatic heterocycles. The summed E-state index contributed by atoms with van der Waals surface area (Å²) in [7, 11) is 0. The minimum atomic E-state index is 0.542. The van der Waals surface area contributed by atoms with Gasteiger partial charge in [0.15, 0.2) is 17.5 Å². The largest absolute Gasteiger partial charge is 0.486 e. The van der Waals surface area contributed by atoms with Crippen LogP contribution in [0.25, 0.3) is 0 Å². The van der Waals surface area contributed by atoms with E-state index in [1.807, 2.05) is 12.1 Å². The first-order valence-corrected chi connectivity index (χ1v) is 8.24. The van der Waals surface area contributed by atoms with Crippen molar-refractivity contribution < 1.29 is 9.47 Å². The first kappa shape index (κ1) is 15.3. The van der Waals surface area contributed by atoms with Gasteiger partial charge in [0.05, 0.1) is 11.6 Å². The summed E-state index contributed by atoms with van der Waals surface area (Å²) >= 11 is 6.25. The maximum absolute atomic E-state index is 6.25. The minimum Gasteiger partial charge on any atom is -0.486 e. The number of nitrogens with zero attached hydrogens (tertiary/aromatic N) is 1. The Hall–Kier alpha value is -1.62. The second-order valence-corrected chi connectivity index (χ2v) is 6.03. The highest BCUT2D eigenvalue weighted by Crippen LogP contribution is 2.38. The highest BCUT2D eigenvalue weighted by molar-refractivity contribution is 6.32. The van der Waals surface area contributed by atoms with Crippen LogP contribution >= 0.6 is 11.6 Å². The van der Waals surface area contributed by atoms with Crippen molar-refractivity contribution in [1.29, 1.82) is 0 Å². The Morgan fingerprint density at radius 3 is 2.86 bits per heavy atom. The molecule has 6 heteroatoms. The molecule has 1 fully saturated rings. The molecule has 1 heterocycles. The average Bonchev–Trinajstić information content (AvgIpc) is 3.34. The number of fused-ring (bicyclic) bond motifs is 1. The fraction of sp³-hybridized carbons (Fsp3) is 0.562. The molecule has 1 aliphatic carbocycles. The highest BCUT2D eigenvalue weighted by Gasteiger charge is 2.21. The summed E-state index contributed by atoms with van der Waals surface area (Å²) in [4.78, 5) is 4.61. The molecule has 2 N–H and O–H groups in total. The molecule has 5 nitrogen and oxygen atoms in total. The maximum Gasteiger partial charge on any atom is 0.191 e. The normalized spacial score (nSPS) is 17.3. The van der Waals surface area contributed by atoms with Gasteiger partial charge in [-0.3, -0.25) is 0 Å². The van der Waals surface area contributed by atoms with E-state index in [2.05, 4.69) is 22.5 Å². The van der Waals surface area contributed by atoms with E-state index >= 15 is 0 Å². The number of nitrogens with one attached hydrogen (secondary N) is 2. The number of guanidine groups is 1. The van der Waals surface area contributed by atoms with Gasteiger partial charge in [-0.2, -0.15) is 0 Å². The molecule has 0 saturated heterocycles. The second-order valence-electron chi connectivity index (χ2n) is 5.62. The summed E-state index contributed by atoms with van der Waals surface area (Å²) in [6.07, 6.45) is 2.65. The van der Waals surface area contributed by atoms with Gasteiger partial charge in [0.25, 0.3) is 0 Å². The van der Waals surface area contributed by atoms with Crippen LogP contribution in [0.4, 0.5) is 0 Å². The summed E-state index contributed by atoms with van der Waals surface area (Å²) in [5.41, 5.74) is 1.01. The lowest BCUT2D eigenvalue weighted by Gasteiger charge is -2.20. The van der Waals surface area contributed by atoms with Crippen LogP contribution in [0.2, 0.25) is 5.02 Å². The average molecular weight is 324 g/mol. The Morgan fingerprint density at radius 1 is 1.27 bits per heavy atom. The van der Waals surface area contributed by atoms with E-state index in [9.17, 15) is 0 Å². The Kier molecular flexibility index (Phi) is 4.93. The second kappa shape index (κ2) is 7.09. The van der Waals surface area contributed by atoms with Crippen LogP contribution in [0, 0.1) is 5.92 Å². The zero-order valence-electron chi connectivity index (χ0n) is 12.8. The van der Waals surface area contributed by atoms with Gasteiger partial charge in [-0.25, -0.2) is 4.99 Å². The molecule has 0 radical (unpaired) electrons. The molecule has 0 atom stereocenters. The number of rotatable bonds is 5. The molecule has 1 aromatic carbocycles. The van der Waals surface area contributed by atoms with E-state index in [-0.39, 0.29) is 0 Å². The van der Waals surface area contributed by atoms with Gasteiger partial charge in [-0.15, -0.1) is 0 Å². The van der Waals surface area contributed by atoms with Gasteiger partial charge in [-0.05, 0) is 43.4 Å². The van der Waals surface area contributed by atoms with Crippen molar-refractivity contribution in [3.63, 3.8) is 0 Å². The zero-order valence-corrected chi connectivity index (χ0v) is 13.6. The Morgan fingerprint density at radius 2 is 2.09 bits per heavy atom. The van der Waals surface area contributed by atoms with Gasteiger partial charge >= 0.3 is 0 Å². The Bertz CT molecular complexity index is 559. The molecule has 0 aromatic heterocycles. The first-order valence-electron chi connectivity index (χ1n) is 7.86. The summed E-state index contributed by atoms with van der Waals surface area (Å²) in [6, 6.07) is 3.84. The van der Waals surface area contributed by atoms with Gasteiger partial charge in [-0.1, -0.05) is 11.6 Å². The third kappa shape index (κ3) is 3.97. The molecular formula is C16H22ClN3O2. The van der Waals surface area contributed by atoms with Crippen molar-refractivity contribution in [1.82, 2.24) is 10.6 Å². The van der Waals surface area contributed by atoms with Crippen LogP contribution in [-0.4, -0.2) is 32.3 Å². The number of aliphatic imine (C=N–C) groups is 1. The van der Waals surface area contributed by atoms with Crippen molar-refractivity contribution in [3.05, 3.63) is 22.7 Å². The monoisotopic (exact) mass is 323 g/mol. The number of hydrogen-bond acceptors (Lipinski definition) is 3. The molecule has 3 rings (SSSR count). The van der Waals surface area contributed by atoms with Crippen molar-refractivity contribution in [2.24, 2.45) is 10.9 Å². The van der Waals surface area contributed by atoms with Crippen LogP contribution < -0.4 is 20.1 Å². The molecule has 0 spiro atoms. The van der Waals surface area contributed by atoms with E-state index < -0.39 is 0 Å². The number of benzene rings is 1. The predicted molar refractivity (Wildman–Crippen MR) is 88.0 cm³/mol. The topological polar surface area (TPSA) is 54.9 Å². The molecular weight excluding hydrogens is 302 g/mol. The van der Waals surface area contributed by atoms with E-state index in [0.717, 1.165) is 30.5 Å². The van der Waals surface area contributed by atoms with Gasteiger partial charge in [0, 0.05) is 13.1 Å². The Balaban J connectivity index is 1.67. The highest BCUT2D eigenvalue weighted by atomic mass is 35.5. The van der Waals surface area contributed by atoms with E-state index in [1.54, 1.807) is 0 Å². The molecule has 0 bridgehead atoms.